The maximum absolute atomic E-state index is 15.0. The lowest BCUT2D eigenvalue weighted by Crippen LogP contribution is -2.28. The normalized spacial score (nSPS) is 13.3. The highest BCUT2D eigenvalue weighted by Gasteiger charge is 2.38. The van der Waals surface area contributed by atoms with E-state index in [0.29, 0.717) is 30.0 Å². The Morgan fingerprint density at radius 3 is 2.64 bits per heavy atom. The molecule has 190 valence electrons. The van der Waals surface area contributed by atoms with Crippen LogP contribution in [-0.2, 0) is 24.6 Å². The zero-order valence-electron chi connectivity index (χ0n) is 18.8. The number of carboxylic acid groups (broad SMARTS) is 1. The van der Waals surface area contributed by atoms with Crippen molar-refractivity contribution in [3.05, 3.63) is 58.8 Å². The average Bonchev–Trinajstić information content (AvgIpc) is 3.38. The van der Waals surface area contributed by atoms with Crippen molar-refractivity contribution in [2.45, 2.75) is 32.9 Å². The van der Waals surface area contributed by atoms with E-state index < -0.39 is 18.0 Å². The van der Waals surface area contributed by atoms with E-state index in [9.17, 15) is 22.7 Å². The zero-order chi connectivity index (χ0) is 26.2. The van der Waals surface area contributed by atoms with Crippen LogP contribution < -0.4 is 5.32 Å². The van der Waals surface area contributed by atoms with Crippen LogP contribution in [0.1, 0.15) is 11.3 Å². The second-order valence-corrected chi connectivity index (χ2v) is 8.36. The Labute approximate surface area is 206 Å². The molecule has 0 unspecified atom stereocenters. The molecule has 1 aliphatic heterocycles. The number of hydrogen-bond donors (Lipinski definition) is 3. The minimum Gasteiger partial charge on any atom is -0.475 e. The van der Waals surface area contributed by atoms with Gasteiger partial charge in [-0.3, -0.25) is 4.68 Å². The fraction of sp³-hybridized carbons (Fsp3) is 0.261. The number of hydrogen-bond acceptors (Lipinski definition) is 5. The first-order valence-corrected chi connectivity index (χ1v) is 11.0. The number of pyridine rings is 1. The van der Waals surface area contributed by atoms with E-state index in [1.807, 2.05) is 23.9 Å². The summed E-state index contributed by atoms with van der Waals surface area (Å²) in [7, 11) is 0. The van der Waals surface area contributed by atoms with E-state index in [4.69, 9.17) is 26.6 Å². The van der Waals surface area contributed by atoms with Gasteiger partial charge in [-0.15, -0.1) is 0 Å². The lowest BCUT2D eigenvalue weighted by atomic mass is 9.95. The standard InChI is InChI=1S/C21H19ClFN5O.C2HF3O2/c1-12-10-27(11-29)21-17(12)13(5-6-25-21)18-16-9-24-7-8-28(16)26-20(18)14-3-2-4-15(22)19(14)23;3-2(4,5)1(6)7/h2-6,10,24,29H,7-9,11H2,1H3;(H,6,7). The molecule has 0 saturated heterocycles. The molecule has 3 N–H and O–H groups in total. The fourth-order valence-corrected chi connectivity index (χ4v) is 4.32. The SMILES string of the molecule is Cc1cn(CO)c2nccc(-c3c(-c4cccc(Cl)c4F)nn4c3CNCC4)c12.O=C(O)C(F)(F)F. The molecule has 0 aliphatic carbocycles. The van der Waals surface area contributed by atoms with Gasteiger partial charge in [-0.2, -0.15) is 18.3 Å². The van der Waals surface area contributed by atoms with Gasteiger partial charge in [0.15, 0.2) is 5.82 Å². The first-order chi connectivity index (χ1) is 17.0. The number of aliphatic hydroxyl groups is 1. The van der Waals surface area contributed by atoms with Crippen molar-refractivity contribution in [3.63, 3.8) is 0 Å². The van der Waals surface area contributed by atoms with Crippen LogP contribution in [0.3, 0.4) is 0 Å². The third-order valence-corrected chi connectivity index (χ3v) is 5.96. The molecule has 4 heterocycles. The van der Waals surface area contributed by atoms with Crippen molar-refractivity contribution in [1.29, 1.82) is 0 Å². The summed E-state index contributed by atoms with van der Waals surface area (Å²) in [4.78, 5) is 13.4. The Morgan fingerprint density at radius 2 is 1.97 bits per heavy atom. The van der Waals surface area contributed by atoms with Crippen LogP contribution >= 0.6 is 11.6 Å². The maximum Gasteiger partial charge on any atom is 0.490 e. The summed E-state index contributed by atoms with van der Waals surface area (Å²) in [5, 5.41) is 26.0. The van der Waals surface area contributed by atoms with Crippen LogP contribution in [0.25, 0.3) is 33.4 Å². The molecule has 0 atom stereocenters. The highest BCUT2D eigenvalue weighted by atomic mass is 35.5. The summed E-state index contributed by atoms with van der Waals surface area (Å²) < 4.78 is 50.3. The van der Waals surface area contributed by atoms with Gasteiger partial charge in [0.1, 0.15) is 18.1 Å². The lowest BCUT2D eigenvalue weighted by Gasteiger charge is -2.16. The quantitative estimate of drug-likeness (QED) is 0.343. The number of aliphatic carboxylic acids is 1. The molecule has 1 aliphatic rings. The molecule has 3 aromatic heterocycles. The molecule has 4 aromatic rings. The Morgan fingerprint density at radius 1 is 1.25 bits per heavy atom. The van der Waals surface area contributed by atoms with Gasteiger partial charge >= 0.3 is 12.1 Å². The fourth-order valence-electron chi connectivity index (χ4n) is 4.14. The molecule has 0 spiro atoms. The van der Waals surface area contributed by atoms with Gasteiger partial charge in [0, 0.05) is 42.0 Å². The van der Waals surface area contributed by atoms with E-state index in [-0.39, 0.29) is 11.8 Å². The highest BCUT2D eigenvalue weighted by Crippen LogP contribution is 2.41. The van der Waals surface area contributed by atoms with Gasteiger partial charge in [-0.1, -0.05) is 17.7 Å². The van der Waals surface area contributed by atoms with Crippen LogP contribution in [0, 0.1) is 12.7 Å². The summed E-state index contributed by atoms with van der Waals surface area (Å²) in [5.74, 6) is -3.23. The lowest BCUT2D eigenvalue weighted by molar-refractivity contribution is -0.192. The largest absolute Gasteiger partial charge is 0.490 e. The summed E-state index contributed by atoms with van der Waals surface area (Å²) in [6.45, 7) is 3.96. The number of nitrogens with one attached hydrogen (secondary N) is 1. The minimum absolute atomic E-state index is 0.0695. The Hall–Kier alpha value is -3.48. The average molecular weight is 526 g/mol. The maximum atomic E-state index is 15.0. The van der Waals surface area contributed by atoms with Crippen LogP contribution in [0.15, 0.2) is 36.7 Å². The van der Waals surface area contributed by atoms with Gasteiger partial charge in [-0.05, 0) is 36.2 Å². The van der Waals surface area contributed by atoms with Crippen molar-refractivity contribution in [1.82, 2.24) is 24.6 Å². The predicted molar refractivity (Wildman–Crippen MR) is 124 cm³/mol. The molecule has 0 fully saturated rings. The van der Waals surface area contributed by atoms with E-state index >= 15 is 0 Å². The van der Waals surface area contributed by atoms with Crippen LogP contribution in [-0.4, -0.2) is 48.2 Å². The zero-order valence-corrected chi connectivity index (χ0v) is 19.5. The van der Waals surface area contributed by atoms with Crippen molar-refractivity contribution >= 4 is 28.6 Å². The predicted octanol–water partition coefficient (Wildman–Crippen LogP) is 4.35. The first kappa shape index (κ1) is 25.6. The van der Waals surface area contributed by atoms with Gasteiger partial charge in [-0.25, -0.2) is 14.2 Å². The van der Waals surface area contributed by atoms with Gasteiger partial charge in [0.05, 0.1) is 17.3 Å². The van der Waals surface area contributed by atoms with Crippen molar-refractivity contribution in [3.8, 4) is 22.4 Å². The van der Waals surface area contributed by atoms with E-state index in [0.717, 1.165) is 34.3 Å². The smallest absolute Gasteiger partial charge is 0.475 e. The highest BCUT2D eigenvalue weighted by molar-refractivity contribution is 6.31. The molecular weight excluding hydrogens is 506 g/mol. The summed E-state index contributed by atoms with van der Waals surface area (Å²) in [6, 6.07) is 6.90. The number of benzene rings is 1. The van der Waals surface area contributed by atoms with E-state index in [2.05, 4.69) is 10.3 Å². The number of alkyl halides is 3. The van der Waals surface area contributed by atoms with Crippen LogP contribution in [0.2, 0.25) is 5.02 Å². The number of rotatable bonds is 3. The molecule has 0 bridgehead atoms. The Kier molecular flexibility index (Phi) is 7.03. The summed E-state index contributed by atoms with van der Waals surface area (Å²) >= 11 is 6.07. The van der Waals surface area contributed by atoms with Gasteiger partial charge < -0.3 is 20.1 Å². The number of aliphatic hydroxyl groups excluding tert-OH is 1. The molecule has 36 heavy (non-hydrogen) atoms. The first-order valence-electron chi connectivity index (χ1n) is 10.6. The number of carboxylic acids is 1. The second-order valence-electron chi connectivity index (χ2n) is 7.95. The molecule has 0 saturated carbocycles. The second kappa shape index (κ2) is 9.88. The Balaban J connectivity index is 0.000000384. The van der Waals surface area contributed by atoms with Crippen LogP contribution in [0.5, 0.6) is 0 Å². The molecule has 5 rings (SSSR count). The van der Waals surface area contributed by atoms with Crippen molar-refractivity contribution in [2.24, 2.45) is 0 Å². The molecule has 0 amide bonds. The van der Waals surface area contributed by atoms with E-state index in [1.54, 1.807) is 22.9 Å². The van der Waals surface area contributed by atoms with Gasteiger partial charge in [0.25, 0.3) is 0 Å². The Bertz CT molecular complexity index is 1450. The molecule has 0 radical (unpaired) electrons. The molecule has 1 aromatic carbocycles. The molecule has 8 nitrogen and oxygen atoms in total. The molecule has 13 heteroatoms. The topological polar surface area (TPSA) is 105 Å². The number of carbonyl (C=O) groups is 1. The molecular formula is C23H20ClF4N5O3. The third kappa shape index (κ3) is 4.66. The van der Waals surface area contributed by atoms with Crippen molar-refractivity contribution < 1.29 is 32.6 Å². The number of fused-ring (bicyclic) bond motifs is 2. The monoisotopic (exact) mass is 525 g/mol. The number of halogens is 5. The van der Waals surface area contributed by atoms with E-state index in [1.165, 1.54) is 6.07 Å². The number of aromatic nitrogens is 4. The van der Waals surface area contributed by atoms with Crippen LogP contribution in [0.4, 0.5) is 17.6 Å². The number of nitrogens with zero attached hydrogens (tertiary/aromatic N) is 4. The van der Waals surface area contributed by atoms with Gasteiger partial charge in [0.2, 0.25) is 0 Å². The van der Waals surface area contributed by atoms with Crippen molar-refractivity contribution in [2.75, 3.05) is 6.54 Å². The minimum atomic E-state index is -5.08. The summed E-state index contributed by atoms with van der Waals surface area (Å²) in [6.07, 6.45) is -1.50. The summed E-state index contributed by atoms with van der Waals surface area (Å²) in [5.41, 5.74) is 5.38. The third-order valence-electron chi connectivity index (χ3n) is 5.67. The number of aryl methyl sites for hydroxylation is 1.